The lowest BCUT2D eigenvalue weighted by molar-refractivity contribution is 0.0853. The number of rotatable bonds is 10. The number of aliphatic hydroxyl groups is 1. The predicted octanol–water partition coefficient (Wildman–Crippen LogP) is 2.50. The zero-order chi connectivity index (χ0) is 23.0. The third kappa shape index (κ3) is 6.07. The third-order valence-corrected chi connectivity index (χ3v) is 5.75. The number of hydrogen-bond acceptors (Lipinski definition) is 8. The van der Waals surface area contributed by atoms with Gasteiger partial charge in [-0.3, -0.25) is 0 Å². The molecule has 4 rings (SSSR count). The van der Waals surface area contributed by atoms with E-state index in [0.717, 1.165) is 55.4 Å². The van der Waals surface area contributed by atoms with E-state index < -0.39 is 6.10 Å². The van der Waals surface area contributed by atoms with Crippen molar-refractivity contribution in [3.8, 4) is 28.5 Å². The van der Waals surface area contributed by atoms with Crippen LogP contribution in [0.4, 0.5) is 5.82 Å². The van der Waals surface area contributed by atoms with Crippen molar-refractivity contribution < 1.29 is 14.6 Å². The van der Waals surface area contributed by atoms with E-state index in [1.165, 1.54) is 0 Å². The van der Waals surface area contributed by atoms with Gasteiger partial charge >= 0.3 is 0 Å². The Morgan fingerprint density at radius 1 is 1.27 bits per heavy atom. The van der Waals surface area contributed by atoms with Crippen LogP contribution >= 0.6 is 0 Å². The quantitative estimate of drug-likeness (QED) is 0.431. The van der Waals surface area contributed by atoms with Gasteiger partial charge in [0.1, 0.15) is 24.3 Å². The molecular weight excluding hydrogens is 420 g/mol. The minimum atomic E-state index is -0.576. The first-order valence-electron chi connectivity index (χ1n) is 11.4. The van der Waals surface area contributed by atoms with Crippen molar-refractivity contribution in [3.63, 3.8) is 0 Å². The lowest BCUT2D eigenvalue weighted by atomic mass is 10.1. The van der Waals surface area contributed by atoms with E-state index in [0.29, 0.717) is 24.2 Å². The minimum Gasteiger partial charge on any atom is -0.491 e. The number of hydrogen-bond donors (Lipinski definition) is 3. The maximum absolute atomic E-state index is 10.1. The molecule has 9 nitrogen and oxygen atoms in total. The molecule has 1 saturated heterocycles. The molecule has 33 heavy (non-hydrogen) atoms. The first-order valence-corrected chi connectivity index (χ1v) is 11.4. The standard InChI is InChI=1S/C24H32N6O3/c1-3-25-13-19(31)15-33-20-6-4-5-17(11-20)24-28-21(22-14-26-16-27-22)12-23(29-24)30(2)18-7-9-32-10-8-18/h4-6,11-12,14,16,18-19,25,31H,3,7-10,13,15H2,1-2H3,(H,26,27). The van der Waals surface area contributed by atoms with Crippen LogP contribution in [0.3, 0.4) is 0 Å². The van der Waals surface area contributed by atoms with Gasteiger partial charge in [0.2, 0.25) is 0 Å². The molecule has 0 spiro atoms. The molecule has 3 aromatic rings. The number of benzene rings is 1. The minimum absolute atomic E-state index is 0.212. The monoisotopic (exact) mass is 452 g/mol. The van der Waals surface area contributed by atoms with E-state index in [9.17, 15) is 5.11 Å². The highest BCUT2D eigenvalue weighted by molar-refractivity contribution is 5.66. The number of ether oxygens (including phenoxy) is 2. The topological polar surface area (TPSA) is 108 Å². The smallest absolute Gasteiger partial charge is 0.162 e. The molecule has 0 aliphatic carbocycles. The van der Waals surface area contributed by atoms with E-state index in [1.807, 2.05) is 37.3 Å². The largest absolute Gasteiger partial charge is 0.491 e. The molecule has 1 aromatic carbocycles. The van der Waals surface area contributed by atoms with Gasteiger partial charge in [0.15, 0.2) is 5.82 Å². The summed E-state index contributed by atoms with van der Waals surface area (Å²) in [5.41, 5.74) is 2.45. The average molecular weight is 453 g/mol. The number of likely N-dealkylation sites (N-methyl/N-ethyl adjacent to an activating group) is 1. The summed E-state index contributed by atoms with van der Waals surface area (Å²) in [5.74, 6) is 2.12. The van der Waals surface area contributed by atoms with Crippen LogP contribution in [-0.2, 0) is 4.74 Å². The van der Waals surface area contributed by atoms with E-state index in [-0.39, 0.29) is 6.61 Å². The Balaban J connectivity index is 1.60. The van der Waals surface area contributed by atoms with Gasteiger partial charge in [-0.15, -0.1) is 0 Å². The fraction of sp³-hybridized carbons (Fsp3) is 0.458. The van der Waals surface area contributed by atoms with Crippen LogP contribution in [0.15, 0.2) is 42.9 Å². The van der Waals surface area contributed by atoms with Crippen molar-refractivity contribution in [1.29, 1.82) is 0 Å². The van der Waals surface area contributed by atoms with Crippen LogP contribution in [0, 0.1) is 0 Å². The molecule has 0 amide bonds. The van der Waals surface area contributed by atoms with Gasteiger partial charge in [-0.05, 0) is 31.5 Å². The van der Waals surface area contributed by atoms with Crippen molar-refractivity contribution >= 4 is 5.82 Å². The number of H-pyrrole nitrogens is 1. The van der Waals surface area contributed by atoms with Crippen LogP contribution in [0.25, 0.3) is 22.8 Å². The second-order valence-corrected chi connectivity index (χ2v) is 8.16. The van der Waals surface area contributed by atoms with Crippen LogP contribution in [0.5, 0.6) is 5.75 Å². The summed E-state index contributed by atoms with van der Waals surface area (Å²) in [6, 6.07) is 10.0. The fourth-order valence-corrected chi connectivity index (χ4v) is 3.82. The molecule has 1 aliphatic rings. The van der Waals surface area contributed by atoms with E-state index in [1.54, 1.807) is 12.5 Å². The van der Waals surface area contributed by atoms with Gasteiger partial charge in [0.05, 0.1) is 23.9 Å². The van der Waals surface area contributed by atoms with Crippen LogP contribution in [0.1, 0.15) is 19.8 Å². The van der Waals surface area contributed by atoms with Gasteiger partial charge in [0, 0.05) is 44.5 Å². The van der Waals surface area contributed by atoms with E-state index >= 15 is 0 Å². The predicted molar refractivity (Wildman–Crippen MR) is 127 cm³/mol. The molecule has 2 aromatic heterocycles. The average Bonchev–Trinajstić information content (AvgIpc) is 3.41. The summed E-state index contributed by atoms with van der Waals surface area (Å²) >= 11 is 0. The Labute approximate surface area is 194 Å². The molecule has 0 radical (unpaired) electrons. The van der Waals surface area contributed by atoms with E-state index in [4.69, 9.17) is 19.4 Å². The fourth-order valence-electron chi connectivity index (χ4n) is 3.82. The number of nitrogens with zero attached hydrogens (tertiary/aromatic N) is 4. The Morgan fingerprint density at radius 2 is 2.12 bits per heavy atom. The number of nitrogens with one attached hydrogen (secondary N) is 2. The zero-order valence-electron chi connectivity index (χ0n) is 19.2. The lowest BCUT2D eigenvalue weighted by Gasteiger charge is -2.32. The molecule has 1 fully saturated rings. The number of anilines is 1. The normalized spacial score (nSPS) is 15.4. The molecule has 0 bridgehead atoms. The summed E-state index contributed by atoms with van der Waals surface area (Å²) in [6.45, 7) is 5.04. The maximum Gasteiger partial charge on any atom is 0.162 e. The highest BCUT2D eigenvalue weighted by Crippen LogP contribution is 2.28. The maximum atomic E-state index is 10.1. The first kappa shape index (κ1) is 23.2. The molecule has 0 saturated carbocycles. The Bertz CT molecular complexity index is 1010. The van der Waals surface area contributed by atoms with Crippen molar-refractivity contribution in [2.75, 3.05) is 44.9 Å². The van der Waals surface area contributed by atoms with Crippen molar-refractivity contribution in [2.24, 2.45) is 0 Å². The number of aromatic amines is 1. The van der Waals surface area contributed by atoms with Crippen molar-refractivity contribution in [3.05, 3.63) is 42.9 Å². The van der Waals surface area contributed by atoms with Gasteiger partial charge in [-0.25, -0.2) is 15.0 Å². The van der Waals surface area contributed by atoms with Crippen LogP contribution < -0.4 is 15.0 Å². The molecular formula is C24H32N6O3. The van der Waals surface area contributed by atoms with Gasteiger partial charge in [0.25, 0.3) is 0 Å². The van der Waals surface area contributed by atoms with Crippen LogP contribution in [-0.4, -0.2) is 77.1 Å². The molecule has 3 heterocycles. The van der Waals surface area contributed by atoms with Gasteiger partial charge in [-0.1, -0.05) is 19.1 Å². The number of aliphatic hydroxyl groups excluding tert-OH is 1. The first-order chi connectivity index (χ1) is 16.1. The highest BCUT2D eigenvalue weighted by Gasteiger charge is 2.21. The summed E-state index contributed by atoms with van der Waals surface area (Å²) in [7, 11) is 2.07. The Hall–Kier alpha value is -3.01. The second-order valence-electron chi connectivity index (χ2n) is 8.16. The van der Waals surface area contributed by atoms with Crippen molar-refractivity contribution in [2.45, 2.75) is 31.9 Å². The SMILES string of the molecule is CCNCC(O)COc1cccc(-c2nc(-c3cnc[nH]3)cc(N(C)C3CCOCC3)n2)c1. The molecule has 3 N–H and O–H groups in total. The molecule has 9 heteroatoms. The Morgan fingerprint density at radius 3 is 2.88 bits per heavy atom. The lowest BCUT2D eigenvalue weighted by Crippen LogP contribution is -2.37. The summed E-state index contributed by atoms with van der Waals surface area (Å²) < 4.78 is 11.3. The summed E-state index contributed by atoms with van der Waals surface area (Å²) in [6.07, 6.45) is 4.76. The zero-order valence-corrected chi connectivity index (χ0v) is 19.2. The molecule has 1 unspecified atom stereocenters. The molecule has 1 atom stereocenters. The van der Waals surface area contributed by atoms with Gasteiger partial charge in [-0.2, -0.15) is 0 Å². The Kier molecular flexibility index (Phi) is 7.87. The number of aromatic nitrogens is 4. The van der Waals surface area contributed by atoms with Crippen LogP contribution in [0.2, 0.25) is 0 Å². The number of imidazole rings is 1. The van der Waals surface area contributed by atoms with E-state index in [2.05, 4.69) is 27.2 Å². The highest BCUT2D eigenvalue weighted by atomic mass is 16.5. The van der Waals surface area contributed by atoms with Crippen molar-refractivity contribution in [1.82, 2.24) is 25.3 Å². The third-order valence-electron chi connectivity index (χ3n) is 5.75. The second kappa shape index (κ2) is 11.2. The summed E-state index contributed by atoms with van der Waals surface area (Å²) in [4.78, 5) is 19.2. The van der Waals surface area contributed by atoms with Gasteiger partial charge < -0.3 is 29.8 Å². The molecule has 176 valence electrons. The summed E-state index contributed by atoms with van der Waals surface area (Å²) in [5, 5.41) is 13.2. The molecule has 1 aliphatic heterocycles.